The molecule has 0 aliphatic heterocycles. The second-order valence-corrected chi connectivity index (χ2v) is 3.95. The maximum Gasteiger partial charge on any atom is 0.151 e. The van der Waals surface area contributed by atoms with E-state index in [4.69, 9.17) is 22.3 Å². The molecule has 0 atom stereocenters. The average molecular weight is 204 g/mol. The number of nitrogens with one attached hydrogen (secondary N) is 2. The summed E-state index contributed by atoms with van der Waals surface area (Å²) in [7, 11) is 0. The van der Waals surface area contributed by atoms with Crippen molar-refractivity contribution < 1.29 is 0 Å². The zero-order chi connectivity index (χ0) is 9.40. The average Bonchev–Trinajstić information content (AvgIpc) is 1.95. The Morgan fingerprint density at radius 2 is 1.33 bits per heavy atom. The molecule has 6 heteroatoms. The molecular weight excluding hydrogens is 192 g/mol. The van der Waals surface area contributed by atoms with Crippen molar-refractivity contribution in [3.63, 3.8) is 0 Å². The fourth-order valence-corrected chi connectivity index (χ4v) is 1.24. The Morgan fingerprint density at radius 1 is 1.00 bits per heavy atom. The lowest BCUT2D eigenvalue weighted by atomic mass is 10.6. The first-order valence-corrected chi connectivity index (χ1v) is 5.18. The van der Waals surface area contributed by atoms with Gasteiger partial charge >= 0.3 is 0 Å². The fourth-order valence-electron chi connectivity index (χ4n) is 0.412. The van der Waals surface area contributed by atoms with Crippen LogP contribution in [0.5, 0.6) is 0 Å². The predicted octanol–water partition coefficient (Wildman–Crippen LogP) is 0.796. The lowest BCUT2D eigenvalue weighted by Gasteiger charge is -1.92. The van der Waals surface area contributed by atoms with Crippen molar-refractivity contribution in [3.8, 4) is 0 Å². The van der Waals surface area contributed by atoms with Crippen molar-refractivity contribution in [3.05, 3.63) is 12.2 Å². The van der Waals surface area contributed by atoms with Gasteiger partial charge in [-0.15, -0.1) is 0 Å². The zero-order valence-electron chi connectivity index (χ0n) is 6.54. The normalized spacial score (nSPS) is 10.3. The Bertz CT molecular complexity index is 170. The van der Waals surface area contributed by atoms with Gasteiger partial charge in [0.1, 0.15) is 0 Å². The van der Waals surface area contributed by atoms with Crippen LogP contribution in [0.15, 0.2) is 12.2 Å². The quantitative estimate of drug-likeness (QED) is 0.309. The molecule has 0 radical (unpaired) electrons. The highest BCUT2D eigenvalue weighted by molar-refractivity contribution is 8.14. The summed E-state index contributed by atoms with van der Waals surface area (Å²) >= 11 is 2.54. The molecule has 0 aliphatic rings. The third-order valence-electron chi connectivity index (χ3n) is 0.837. The molecule has 0 aliphatic carbocycles. The topological polar surface area (TPSA) is 99.7 Å². The van der Waals surface area contributed by atoms with Gasteiger partial charge in [-0.3, -0.25) is 10.8 Å². The molecule has 68 valence electrons. The SMILES string of the molecule is N=C(N)SC/C=C\CSC(=N)N. The Hall–Kier alpha value is -0.620. The molecule has 0 aromatic heterocycles. The van der Waals surface area contributed by atoms with Gasteiger partial charge in [0.15, 0.2) is 10.3 Å². The first-order valence-electron chi connectivity index (χ1n) is 3.21. The summed E-state index contributed by atoms with van der Waals surface area (Å²) in [6.45, 7) is 0. The van der Waals surface area contributed by atoms with Gasteiger partial charge in [0.05, 0.1) is 0 Å². The minimum absolute atomic E-state index is 0.124. The summed E-state index contributed by atoms with van der Waals surface area (Å²) in [5, 5.41) is 14.0. The minimum atomic E-state index is 0.124. The lowest BCUT2D eigenvalue weighted by molar-refractivity contribution is 1.50. The van der Waals surface area contributed by atoms with E-state index in [0.717, 1.165) is 0 Å². The van der Waals surface area contributed by atoms with Crippen molar-refractivity contribution in [2.75, 3.05) is 11.5 Å². The number of thioether (sulfide) groups is 2. The molecule has 0 saturated carbocycles. The van der Waals surface area contributed by atoms with Gasteiger partial charge in [-0.25, -0.2) is 0 Å². The second kappa shape index (κ2) is 7.05. The summed E-state index contributed by atoms with van der Waals surface area (Å²) in [6, 6.07) is 0. The molecule has 12 heavy (non-hydrogen) atoms. The summed E-state index contributed by atoms with van der Waals surface area (Å²) in [4.78, 5) is 0. The van der Waals surface area contributed by atoms with Crippen molar-refractivity contribution >= 4 is 33.9 Å². The van der Waals surface area contributed by atoms with E-state index in [-0.39, 0.29) is 10.3 Å². The van der Waals surface area contributed by atoms with Crippen LogP contribution in [0.25, 0.3) is 0 Å². The van der Waals surface area contributed by atoms with E-state index in [2.05, 4.69) is 0 Å². The van der Waals surface area contributed by atoms with Crippen LogP contribution in [0.1, 0.15) is 0 Å². The summed E-state index contributed by atoms with van der Waals surface area (Å²) in [5.41, 5.74) is 10.2. The number of hydrogen-bond donors (Lipinski definition) is 4. The van der Waals surface area contributed by atoms with Crippen LogP contribution in [0, 0.1) is 10.8 Å². The van der Waals surface area contributed by atoms with E-state index in [1.807, 2.05) is 12.2 Å². The number of amidine groups is 2. The van der Waals surface area contributed by atoms with Gasteiger partial charge in [0.2, 0.25) is 0 Å². The number of nitrogens with two attached hydrogens (primary N) is 2. The van der Waals surface area contributed by atoms with Gasteiger partial charge in [-0.05, 0) is 0 Å². The van der Waals surface area contributed by atoms with Gasteiger partial charge in [-0.1, -0.05) is 35.7 Å². The second-order valence-electron chi connectivity index (χ2n) is 1.82. The first kappa shape index (κ1) is 11.4. The molecule has 0 spiro atoms. The largest absolute Gasteiger partial charge is 0.379 e. The van der Waals surface area contributed by atoms with Gasteiger partial charge in [-0.2, -0.15) is 0 Å². The van der Waals surface area contributed by atoms with Crippen molar-refractivity contribution in [1.82, 2.24) is 0 Å². The Balaban J connectivity index is 3.26. The van der Waals surface area contributed by atoms with E-state index < -0.39 is 0 Å². The highest BCUT2D eigenvalue weighted by atomic mass is 32.2. The molecule has 0 saturated heterocycles. The smallest absolute Gasteiger partial charge is 0.151 e. The molecule has 6 N–H and O–H groups in total. The molecule has 0 amide bonds. The van der Waals surface area contributed by atoms with Crippen molar-refractivity contribution in [2.45, 2.75) is 0 Å². The minimum Gasteiger partial charge on any atom is -0.379 e. The Morgan fingerprint density at radius 3 is 1.58 bits per heavy atom. The van der Waals surface area contributed by atoms with Gasteiger partial charge in [0.25, 0.3) is 0 Å². The van der Waals surface area contributed by atoms with E-state index in [9.17, 15) is 0 Å². The summed E-state index contributed by atoms with van der Waals surface area (Å²) in [5.74, 6) is 1.40. The van der Waals surface area contributed by atoms with Crippen LogP contribution in [0.3, 0.4) is 0 Å². The van der Waals surface area contributed by atoms with Crippen LogP contribution < -0.4 is 11.5 Å². The van der Waals surface area contributed by atoms with E-state index in [0.29, 0.717) is 11.5 Å². The molecule has 0 heterocycles. The monoisotopic (exact) mass is 204 g/mol. The highest BCUT2D eigenvalue weighted by Gasteiger charge is 1.87. The molecule has 0 rings (SSSR count). The molecule has 0 fully saturated rings. The molecule has 0 aromatic rings. The molecule has 0 bridgehead atoms. The van der Waals surface area contributed by atoms with Crippen LogP contribution in [-0.2, 0) is 0 Å². The zero-order valence-corrected chi connectivity index (χ0v) is 8.17. The predicted molar refractivity (Wildman–Crippen MR) is 57.9 cm³/mol. The number of hydrogen-bond acceptors (Lipinski definition) is 4. The van der Waals surface area contributed by atoms with Crippen LogP contribution in [0.2, 0.25) is 0 Å². The Labute approximate surface area is 80.2 Å². The molecule has 0 aromatic carbocycles. The third-order valence-corrected chi connectivity index (χ3v) is 2.18. The maximum absolute atomic E-state index is 6.89. The third kappa shape index (κ3) is 9.38. The van der Waals surface area contributed by atoms with Gasteiger partial charge in [0, 0.05) is 11.5 Å². The van der Waals surface area contributed by atoms with Crippen LogP contribution in [-0.4, -0.2) is 21.8 Å². The first-order chi connectivity index (χ1) is 5.63. The van der Waals surface area contributed by atoms with Crippen molar-refractivity contribution in [1.29, 1.82) is 10.8 Å². The Kier molecular flexibility index (Phi) is 6.69. The van der Waals surface area contributed by atoms with E-state index in [1.54, 1.807) is 0 Å². The van der Waals surface area contributed by atoms with Crippen LogP contribution >= 0.6 is 23.5 Å². The standard InChI is InChI=1S/C6H12N4S2/c7-5(8)11-3-1-2-4-12-6(9)10/h1-2H,3-4H2,(H3,7,8)(H3,9,10)/b2-1-. The fraction of sp³-hybridized carbons (Fsp3) is 0.333. The maximum atomic E-state index is 6.89. The van der Waals surface area contributed by atoms with E-state index in [1.165, 1.54) is 23.5 Å². The highest BCUT2D eigenvalue weighted by Crippen LogP contribution is 2.01. The number of rotatable bonds is 4. The molecule has 0 unspecified atom stereocenters. The molecular formula is C6H12N4S2. The summed E-state index contributed by atoms with van der Waals surface area (Å²) < 4.78 is 0. The van der Waals surface area contributed by atoms with Gasteiger partial charge < -0.3 is 11.5 Å². The lowest BCUT2D eigenvalue weighted by Crippen LogP contribution is -2.04. The van der Waals surface area contributed by atoms with E-state index >= 15 is 0 Å². The summed E-state index contributed by atoms with van der Waals surface area (Å²) in [6.07, 6.45) is 3.81. The molecule has 4 nitrogen and oxygen atoms in total. The van der Waals surface area contributed by atoms with Crippen molar-refractivity contribution in [2.24, 2.45) is 11.5 Å². The van der Waals surface area contributed by atoms with Crippen LogP contribution in [0.4, 0.5) is 0 Å².